The van der Waals surface area contributed by atoms with E-state index < -0.39 is 27.5 Å². The second kappa shape index (κ2) is 9.19. The topological polar surface area (TPSA) is 80.6 Å². The van der Waals surface area contributed by atoms with Crippen molar-refractivity contribution in [2.24, 2.45) is 0 Å². The van der Waals surface area contributed by atoms with Crippen molar-refractivity contribution in [3.63, 3.8) is 0 Å². The molecule has 2 aromatic carbocycles. The number of carbonyl (C=O) groups is 1. The first-order chi connectivity index (χ1) is 16.3. The zero-order valence-corrected chi connectivity index (χ0v) is 21.5. The molecule has 0 spiro atoms. The quantitative estimate of drug-likeness (QED) is 0.492. The van der Waals surface area contributed by atoms with Gasteiger partial charge in [0.2, 0.25) is 0 Å². The van der Waals surface area contributed by atoms with Crippen molar-refractivity contribution < 1.29 is 23.2 Å². The summed E-state index contributed by atoms with van der Waals surface area (Å²) in [6.45, 7) is 8.91. The van der Waals surface area contributed by atoms with Crippen LogP contribution in [0.3, 0.4) is 0 Å². The summed E-state index contributed by atoms with van der Waals surface area (Å²) in [6.07, 6.45) is 2.54. The number of amides is 1. The molecule has 2 N–H and O–H groups in total. The average molecular weight is 497 g/mol. The Bertz CT molecular complexity index is 1280. The normalized spacial score (nSPS) is 20.8. The van der Waals surface area contributed by atoms with Crippen molar-refractivity contribution in [3.8, 4) is 5.69 Å². The second-order valence-corrected chi connectivity index (χ2v) is 12.1. The molecule has 0 aliphatic carbocycles. The SMILES string of the molecule is CC1(NC(=O)c2ccc3c([B]OC(C)(C)C(C)(C)O)cn(-c4ccc(F)cc4)c3c2)CCS(=O)C1. The minimum atomic E-state index is -1.08. The van der Waals surface area contributed by atoms with Gasteiger partial charge in [0.05, 0.1) is 16.7 Å². The van der Waals surface area contributed by atoms with Crippen LogP contribution in [-0.4, -0.2) is 55.5 Å². The highest BCUT2D eigenvalue weighted by Gasteiger charge is 2.36. The number of hydrogen-bond donors (Lipinski definition) is 2. The predicted molar refractivity (Wildman–Crippen MR) is 138 cm³/mol. The molecule has 1 fully saturated rings. The van der Waals surface area contributed by atoms with Gasteiger partial charge in [0.1, 0.15) is 5.82 Å². The number of rotatable bonds is 7. The first kappa shape index (κ1) is 25.6. The minimum Gasteiger partial charge on any atom is -0.427 e. The number of carbonyl (C=O) groups excluding carboxylic acids is 1. The number of aliphatic hydroxyl groups is 1. The molecule has 2 heterocycles. The van der Waals surface area contributed by atoms with E-state index in [0.29, 0.717) is 23.5 Å². The van der Waals surface area contributed by atoms with Crippen molar-refractivity contribution in [1.82, 2.24) is 9.88 Å². The molecular formula is C26H31BFN2O4S. The van der Waals surface area contributed by atoms with Crippen molar-refractivity contribution in [2.75, 3.05) is 11.5 Å². The lowest BCUT2D eigenvalue weighted by atomic mass is 9.82. The highest BCUT2D eigenvalue weighted by molar-refractivity contribution is 7.85. The van der Waals surface area contributed by atoms with E-state index in [1.165, 1.54) is 12.1 Å². The molecule has 0 saturated carbocycles. The van der Waals surface area contributed by atoms with Crippen LogP contribution in [0.2, 0.25) is 0 Å². The maximum absolute atomic E-state index is 13.6. The van der Waals surface area contributed by atoms with E-state index in [4.69, 9.17) is 4.65 Å². The van der Waals surface area contributed by atoms with Gasteiger partial charge >= 0.3 is 7.48 Å². The molecular weight excluding hydrogens is 466 g/mol. The van der Waals surface area contributed by atoms with Crippen LogP contribution in [0.1, 0.15) is 51.4 Å². The number of nitrogens with zero attached hydrogens (tertiary/aromatic N) is 1. The summed E-state index contributed by atoms with van der Waals surface area (Å²) in [5, 5.41) is 14.3. The fourth-order valence-corrected chi connectivity index (χ4v) is 5.69. The van der Waals surface area contributed by atoms with E-state index in [1.807, 2.05) is 37.6 Å². The fraction of sp³-hybridized carbons (Fsp3) is 0.423. The van der Waals surface area contributed by atoms with Crippen molar-refractivity contribution in [1.29, 1.82) is 0 Å². The van der Waals surface area contributed by atoms with Crippen LogP contribution in [-0.2, 0) is 15.5 Å². The Labute approximate surface area is 208 Å². The molecule has 1 saturated heterocycles. The molecule has 1 aromatic heterocycles. The molecule has 35 heavy (non-hydrogen) atoms. The number of aromatic nitrogens is 1. The van der Waals surface area contributed by atoms with Gasteiger partial charge in [0.15, 0.2) is 0 Å². The lowest BCUT2D eigenvalue weighted by Gasteiger charge is -2.37. The van der Waals surface area contributed by atoms with Gasteiger partial charge in [-0.05, 0) is 88.3 Å². The molecule has 2 unspecified atom stereocenters. The molecule has 1 aliphatic rings. The second-order valence-electron chi connectivity index (χ2n) is 10.5. The predicted octanol–water partition coefficient (Wildman–Crippen LogP) is 3.22. The molecule has 1 amide bonds. The highest BCUT2D eigenvalue weighted by atomic mass is 32.2. The standard InChI is InChI=1S/C26H31BFN2O4S/c1-24(2,32)25(3,4)34-27-21-15-30(19-9-7-18(28)8-10-19)22-14-17(6-11-20(21)22)23(31)29-26(5)12-13-35(33)16-26/h6-11,14-15,32H,12-13,16H2,1-5H3,(H,29,31). The summed E-state index contributed by atoms with van der Waals surface area (Å²) in [5.74, 6) is 0.462. The third kappa shape index (κ3) is 5.37. The lowest BCUT2D eigenvalue weighted by molar-refractivity contribution is -0.0893. The number of hydrogen-bond acceptors (Lipinski definition) is 4. The van der Waals surface area contributed by atoms with E-state index in [2.05, 4.69) is 5.32 Å². The summed E-state index contributed by atoms with van der Waals surface area (Å²) in [4.78, 5) is 13.1. The van der Waals surface area contributed by atoms with Crippen molar-refractivity contribution in [2.45, 2.75) is 57.8 Å². The zero-order valence-electron chi connectivity index (χ0n) is 20.7. The maximum atomic E-state index is 13.6. The first-order valence-corrected chi connectivity index (χ1v) is 13.1. The summed E-state index contributed by atoms with van der Waals surface area (Å²) in [7, 11) is 0.690. The summed E-state index contributed by atoms with van der Waals surface area (Å²) in [6, 6.07) is 11.5. The van der Waals surface area contributed by atoms with Gasteiger partial charge in [-0.2, -0.15) is 0 Å². The van der Waals surface area contributed by atoms with Crippen molar-refractivity contribution >= 4 is 40.6 Å². The van der Waals surface area contributed by atoms with Crippen LogP contribution in [0.25, 0.3) is 16.6 Å². The van der Waals surface area contributed by atoms with E-state index >= 15 is 0 Å². The molecule has 0 bridgehead atoms. The summed E-state index contributed by atoms with van der Waals surface area (Å²) in [5.41, 5.74) is 0.284. The third-order valence-corrected chi connectivity index (χ3v) is 8.55. The van der Waals surface area contributed by atoms with Gasteiger partial charge in [0.25, 0.3) is 5.91 Å². The Hall–Kier alpha value is -2.49. The smallest absolute Gasteiger partial charge is 0.333 e. The Morgan fingerprint density at radius 2 is 1.89 bits per heavy atom. The summed E-state index contributed by atoms with van der Waals surface area (Å²) < 4.78 is 33.3. The monoisotopic (exact) mass is 497 g/mol. The number of halogens is 1. The minimum absolute atomic E-state index is 0.231. The molecule has 4 rings (SSSR count). The average Bonchev–Trinajstić information content (AvgIpc) is 3.31. The largest absolute Gasteiger partial charge is 0.427 e. The maximum Gasteiger partial charge on any atom is 0.333 e. The Kier molecular flexibility index (Phi) is 6.72. The first-order valence-electron chi connectivity index (χ1n) is 11.6. The van der Waals surface area contributed by atoms with Gasteiger partial charge in [-0.25, -0.2) is 4.39 Å². The number of nitrogens with one attached hydrogen (secondary N) is 1. The molecule has 6 nitrogen and oxygen atoms in total. The number of fused-ring (bicyclic) bond motifs is 1. The van der Waals surface area contributed by atoms with Gasteiger partial charge < -0.3 is 19.6 Å². The molecule has 9 heteroatoms. The van der Waals surface area contributed by atoms with E-state index in [1.54, 1.807) is 45.6 Å². The molecule has 185 valence electrons. The molecule has 3 aromatic rings. The Balaban J connectivity index is 1.71. The zero-order chi connectivity index (χ0) is 25.6. The molecule has 1 aliphatic heterocycles. The number of benzene rings is 2. The summed E-state index contributed by atoms with van der Waals surface area (Å²) >= 11 is 0. The lowest BCUT2D eigenvalue weighted by Crippen LogP contribution is -2.49. The van der Waals surface area contributed by atoms with Gasteiger partial charge in [0, 0.05) is 45.3 Å². The van der Waals surface area contributed by atoms with Gasteiger partial charge in [-0.15, -0.1) is 0 Å². The van der Waals surface area contributed by atoms with Crippen LogP contribution in [0, 0.1) is 5.82 Å². The van der Waals surface area contributed by atoms with Crippen LogP contribution < -0.4 is 10.8 Å². The third-order valence-electron chi connectivity index (χ3n) is 6.93. The van der Waals surface area contributed by atoms with Crippen LogP contribution >= 0.6 is 0 Å². The molecule has 2 atom stereocenters. The van der Waals surface area contributed by atoms with E-state index in [9.17, 15) is 18.5 Å². The van der Waals surface area contributed by atoms with Crippen LogP contribution in [0.4, 0.5) is 4.39 Å². The van der Waals surface area contributed by atoms with E-state index in [0.717, 1.165) is 22.1 Å². The highest BCUT2D eigenvalue weighted by Crippen LogP contribution is 2.26. The Morgan fingerprint density at radius 3 is 2.49 bits per heavy atom. The van der Waals surface area contributed by atoms with Crippen molar-refractivity contribution in [3.05, 3.63) is 60.0 Å². The Morgan fingerprint density at radius 1 is 1.20 bits per heavy atom. The van der Waals surface area contributed by atoms with Crippen LogP contribution in [0.15, 0.2) is 48.7 Å². The van der Waals surface area contributed by atoms with Gasteiger partial charge in [-0.1, -0.05) is 6.07 Å². The molecule has 1 radical (unpaired) electrons. The van der Waals surface area contributed by atoms with E-state index in [-0.39, 0.29) is 11.7 Å². The van der Waals surface area contributed by atoms with Crippen LogP contribution in [0.5, 0.6) is 0 Å². The fourth-order valence-electron chi connectivity index (χ4n) is 3.94. The van der Waals surface area contributed by atoms with Gasteiger partial charge in [-0.3, -0.25) is 9.00 Å².